The standard InChI is InChI=1S/C14H20O2/c1-4-5-6-7-8-12-9-10-13(15-2)14(11-12)16-3/h7-11H,4-6H2,1-3H3. The Morgan fingerprint density at radius 3 is 2.50 bits per heavy atom. The van der Waals surface area contributed by atoms with E-state index in [0.717, 1.165) is 23.5 Å². The molecule has 0 aromatic heterocycles. The molecule has 0 aliphatic rings. The van der Waals surface area contributed by atoms with Crippen LogP contribution >= 0.6 is 0 Å². The number of hydrogen-bond acceptors (Lipinski definition) is 2. The van der Waals surface area contributed by atoms with Gasteiger partial charge in [-0.15, -0.1) is 0 Å². The average Bonchev–Trinajstić information content (AvgIpc) is 2.34. The van der Waals surface area contributed by atoms with Crippen LogP contribution in [0.1, 0.15) is 31.7 Å². The van der Waals surface area contributed by atoms with Crippen LogP contribution < -0.4 is 9.47 Å². The van der Waals surface area contributed by atoms with Gasteiger partial charge in [0, 0.05) is 0 Å². The second kappa shape index (κ2) is 6.94. The molecule has 0 aliphatic heterocycles. The highest BCUT2D eigenvalue weighted by atomic mass is 16.5. The zero-order valence-electron chi connectivity index (χ0n) is 10.3. The minimum absolute atomic E-state index is 0.771. The van der Waals surface area contributed by atoms with Gasteiger partial charge in [0.15, 0.2) is 11.5 Å². The normalized spacial score (nSPS) is 10.7. The van der Waals surface area contributed by atoms with E-state index in [2.05, 4.69) is 19.1 Å². The van der Waals surface area contributed by atoms with E-state index in [0.29, 0.717) is 0 Å². The summed E-state index contributed by atoms with van der Waals surface area (Å²) >= 11 is 0. The molecule has 16 heavy (non-hydrogen) atoms. The van der Waals surface area contributed by atoms with Crippen LogP contribution in [-0.4, -0.2) is 14.2 Å². The quantitative estimate of drug-likeness (QED) is 0.677. The van der Waals surface area contributed by atoms with Gasteiger partial charge in [0.2, 0.25) is 0 Å². The molecule has 0 aliphatic carbocycles. The molecule has 0 spiro atoms. The average molecular weight is 220 g/mol. The van der Waals surface area contributed by atoms with Crippen molar-refractivity contribution in [2.24, 2.45) is 0 Å². The van der Waals surface area contributed by atoms with Crippen molar-refractivity contribution in [3.05, 3.63) is 29.8 Å². The fourth-order valence-electron chi connectivity index (χ4n) is 1.50. The summed E-state index contributed by atoms with van der Waals surface area (Å²) in [6.45, 7) is 2.20. The Labute approximate surface area is 97.9 Å². The fourth-order valence-corrected chi connectivity index (χ4v) is 1.50. The number of benzene rings is 1. The third-order valence-corrected chi connectivity index (χ3v) is 2.44. The number of methoxy groups -OCH3 is 2. The molecule has 2 nitrogen and oxygen atoms in total. The van der Waals surface area contributed by atoms with Crippen LogP contribution in [0.25, 0.3) is 6.08 Å². The van der Waals surface area contributed by atoms with Gasteiger partial charge in [-0.1, -0.05) is 38.0 Å². The number of ether oxygens (including phenoxy) is 2. The molecule has 0 saturated carbocycles. The highest BCUT2D eigenvalue weighted by Gasteiger charge is 2.02. The Bertz CT molecular complexity index is 343. The summed E-state index contributed by atoms with van der Waals surface area (Å²) in [5.41, 5.74) is 1.15. The minimum Gasteiger partial charge on any atom is -0.493 e. The largest absolute Gasteiger partial charge is 0.493 e. The molecule has 0 saturated heterocycles. The molecule has 0 amide bonds. The van der Waals surface area contributed by atoms with Crippen molar-refractivity contribution in [1.82, 2.24) is 0 Å². The first kappa shape index (κ1) is 12.6. The van der Waals surface area contributed by atoms with Crippen LogP contribution in [0.2, 0.25) is 0 Å². The van der Waals surface area contributed by atoms with E-state index in [1.807, 2.05) is 18.2 Å². The number of hydrogen-bond donors (Lipinski definition) is 0. The highest BCUT2D eigenvalue weighted by molar-refractivity contribution is 5.55. The van der Waals surface area contributed by atoms with Gasteiger partial charge >= 0.3 is 0 Å². The van der Waals surface area contributed by atoms with E-state index >= 15 is 0 Å². The molecule has 1 aromatic carbocycles. The molecule has 0 unspecified atom stereocenters. The highest BCUT2D eigenvalue weighted by Crippen LogP contribution is 2.27. The lowest BCUT2D eigenvalue weighted by Gasteiger charge is -2.07. The summed E-state index contributed by atoms with van der Waals surface area (Å²) in [7, 11) is 3.30. The van der Waals surface area contributed by atoms with E-state index in [1.165, 1.54) is 12.8 Å². The van der Waals surface area contributed by atoms with E-state index in [9.17, 15) is 0 Å². The molecule has 0 bridgehead atoms. The maximum atomic E-state index is 5.25. The Balaban J connectivity index is 2.71. The summed E-state index contributed by atoms with van der Waals surface area (Å²) in [5.74, 6) is 1.55. The Hall–Kier alpha value is -1.44. The van der Waals surface area contributed by atoms with Crippen LogP contribution in [0.5, 0.6) is 11.5 Å². The molecule has 1 rings (SSSR count). The minimum atomic E-state index is 0.771. The van der Waals surface area contributed by atoms with Gasteiger partial charge in [-0.3, -0.25) is 0 Å². The fraction of sp³-hybridized carbons (Fsp3) is 0.429. The topological polar surface area (TPSA) is 18.5 Å². The summed E-state index contributed by atoms with van der Waals surface area (Å²) in [5, 5.41) is 0. The molecule has 0 N–H and O–H groups in total. The SMILES string of the molecule is CCCCC=Cc1ccc(OC)c(OC)c1. The lowest BCUT2D eigenvalue weighted by atomic mass is 10.1. The van der Waals surface area contributed by atoms with Crippen LogP contribution in [0.15, 0.2) is 24.3 Å². The van der Waals surface area contributed by atoms with E-state index in [1.54, 1.807) is 14.2 Å². The third kappa shape index (κ3) is 3.61. The number of allylic oxidation sites excluding steroid dienone is 1. The molecule has 0 heterocycles. The molecule has 88 valence electrons. The summed E-state index contributed by atoms with van der Waals surface area (Å²) in [6, 6.07) is 5.95. The Morgan fingerprint density at radius 1 is 1.12 bits per heavy atom. The summed E-state index contributed by atoms with van der Waals surface area (Å²) in [4.78, 5) is 0. The lowest BCUT2D eigenvalue weighted by Crippen LogP contribution is -1.90. The van der Waals surface area contributed by atoms with E-state index < -0.39 is 0 Å². The second-order valence-electron chi connectivity index (χ2n) is 3.66. The first-order chi connectivity index (χ1) is 7.81. The van der Waals surface area contributed by atoms with Crippen molar-refractivity contribution in [2.75, 3.05) is 14.2 Å². The van der Waals surface area contributed by atoms with Crippen molar-refractivity contribution >= 4 is 6.08 Å². The smallest absolute Gasteiger partial charge is 0.161 e. The third-order valence-electron chi connectivity index (χ3n) is 2.44. The number of rotatable bonds is 6. The van der Waals surface area contributed by atoms with E-state index in [4.69, 9.17) is 9.47 Å². The maximum Gasteiger partial charge on any atom is 0.161 e. The first-order valence-corrected chi connectivity index (χ1v) is 5.70. The molecule has 2 heteroatoms. The van der Waals surface area contributed by atoms with Crippen LogP contribution in [0, 0.1) is 0 Å². The zero-order valence-corrected chi connectivity index (χ0v) is 10.3. The van der Waals surface area contributed by atoms with Crippen molar-refractivity contribution in [3.8, 4) is 11.5 Å². The van der Waals surface area contributed by atoms with Crippen LogP contribution in [0.3, 0.4) is 0 Å². The molecular weight excluding hydrogens is 200 g/mol. The van der Waals surface area contributed by atoms with Crippen molar-refractivity contribution in [3.63, 3.8) is 0 Å². The molecule has 0 fully saturated rings. The zero-order chi connectivity index (χ0) is 11.8. The van der Waals surface area contributed by atoms with Crippen LogP contribution in [-0.2, 0) is 0 Å². The van der Waals surface area contributed by atoms with Crippen LogP contribution in [0.4, 0.5) is 0 Å². The summed E-state index contributed by atoms with van der Waals surface area (Å²) in [6.07, 6.45) is 7.92. The van der Waals surface area contributed by atoms with Gasteiger partial charge in [-0.2, -0.15) is 0 Å². The van der Waals surface area contributed by atoms with Gasteiger partial charge in [-0.25, -0.2) is 0 Å². The van der Waals surface area contributed by atoms with Gasteiger partial charge < -0.3 is 9.47 Å². The van der Waals surface area contributed by atoms with E-state index in [-0.39, 0.29) is 0 Å². The Kier molecular flexibility index (Phi) is 5.48. The van der Waals surface area contributed by atoms with Gasteiger partial charge in [0.1, 0.15) is 0 Å². The van der Waals surface area contributed by atoms with Gasteiger partial charge in [0.05, 0.1) is 14.2 Å². The number of unbranched alkanes of at least 4 members (excludes halogenated alkanes) is 2. The predicted octanol–water partition coefficient (Wildman–Crippen LogP) is 3.91. The van der Waals surface area contributed by atoms with Crippen molar-refractivity contribution in [2.45, 2.75) is 26.2 Å². The molecular formula is C14H20O2. The monoisotopic (exact) mass is 220 g/mol. The molecule has 1 aromatic rings. The van der Waals surface area contributed by atoms with Crippen molar-refractivity contribution < 1.29 is 9.47 Å². The lowest BCUT2D eigenvalue weighted by molar-refractivity contribution is 0.355. The van der Waals surface area contributed by atoms with Crippen molar-refractivity contribution in [1.29, 1.82) is 0 Å². The molecule has 0 radical (unpaired) electrons. The Morgan fingerprint density at radius 2 is 1.88 bits per heavy atom. The second-order valence-corrected chi connectivity index (χ2v) is 3.66. The predicted molar refractivity (Wildman–Crippen MR) is 68.1 cm³/mol. The van der Waals surface area contributed by atoms with Gasteiger partial charge in [-0.05, 0) is 24.1 Å². The summed E-state index contributed by atoms with van der Waals surface area (Å²) < 4.78 is 10.4. The van der Waals surface area contributed by atoms with Gasteiger partial charge in [0.25, 0.3) is 0 Å². The maximum absolute atomic E-state index is 5.25. The molecule has 0 atom stereocenters. The first-order valence-electron chi connectivity index (χ1n) is 5.70.